The third-order valence-corrected chi connectivity index (χ3v) is 7.17. The van der Waals surface area contributed by atoms with Gasteiger partial charge in [0.1, 0.15) is 67.1 Å². The molecular formula is C22H40N2O19S. The van der Waals surface area contributed by atoms with E-state index in [1.165, 1.54) is 0 Å². The Morgan fingerprint density at radius 3 is 1.98 bits per heavy atom. The summed E-state index contributed by atoms with van der Waals surface area (Å²) >= 11 is 0. The molecule has 258 valence electrons. The lowest BCUT2D eigenvalue weighted by molar-refractivity contribution is -0.323. The van der Waals surface area contributed by atoms with E-state index in [1.807, 2.05) is 0 Å². The molecule has 0 aromatic rings. The lowest BCUT2D eigenvalue weighted by Gasteiger charge is -2.43. The Morgan fingerprint density at radius 2 is 1.45 bits per heavy atom. The molecule has 0 saturated carbocycles. The van der Waals surface area contributed by atoms with Crippen molar-refractivity contribution in [3.8, 4) is 0 Å². The van der Waals surface area contributed by atoms with Gasteiger partial charge < -0.3 is 75.5 Å². The molecule has 2 aliphatic heterocycles. The van der Waals surface area contributed by atoms with Gasteiger partial charge in [-0.15, -0.1) is 0 Å². The minimum Gasteiger partial charge on any atom is -0.394 e. The van der Waals surface area contributed by atoms with Crippen molar-refractivity contribution in [3.63, 3.8) is 0 Å². The largest absolute Gasteiger partial charge is 0.397 e. The molecule has 14 unspecified atom stereocenters. The third kappa shape index (κ3) is 10.4. The van der Waals surface area contributed by atoms with Crippen LogP contribution >= 0.6 is 0 Å². The molecule has 0 bridgehead atoms. The normalized spacial score (nSPS) is 35.7. The molecule has 0 aromatic heterocycles. The summed E-state index contributed by atoms with van der Waals surface area (Å²) in [5, 5.41) is 96.8. The molecule has 2 heterocycles. The predicted octanol–water partition coefficient (Wildman–Crippen LogP) is -7.82. The number of ether oxygens (including phenoxy) is 4. The first-order chi connectivity index (χ1) is 20.4. The molecule has 2 amide bonds. The first kappa shape index (κ1) is 38.5. The fourth-order valence-corrected chi connectivity index (χ4v) is 4.81. The zero-order valence-electron chi connectivity index (χ0n) is 23.5. The van der Waals surface area contributed by atoms with Gasteiger partial charge in [0.2, 0.25) is 11.8 Å². The number of rotatable bonds is 15. The number of carbonyl (C=O) groups excluding carboxylic acids is 2. The summed E-state index contributed by atoms with van der Waals surface area (Å²) in [5.74, 6) is -1.47. The molecule has 0 spiro atoms. The number of aliphatic hydroxyl groups is 9. The van der Waals surface area contributed by atoms with Gasteiger partial charge in [-0.2, -0.15) is 8.42 Å². The van der Waals surface area contributed by atoms with E-state index in [1.54, 1.807) is 0 Å². The van der Waals surface area contributed by atoms with Crippen molar-refractivity contribution >= 4 is 22.2 Å². The summed E-state index contributed by atoms with van der Waals surface area (Å²) in [5.41, 5.74) is 0. The Labute approximate surface area is 250 Å². The van der Waals surface area contributed by atoms with Crippen molar-refractivity contribution < 1.29 is 91.6 Å². The zero-order valence-corrected chi connectivity index (χ0v) is 24.3. The average Bonchev–Trinajstić information content (AvgIpc) is 2.94. The van der Waals surface area contributed by atoms with Crippen molar-refractivity contribution in [3.05, 3.63) is 0 Å². The van der Waals surface area contributed by atoms with Crippen LogP contribution in [0.1, 0.15) is 13.8 Å². The van der Waals surface area contributed by atoms with Gasteiger partial charge in [-0.05, 0) is 0 Å². The zero-order chi connectivity index (χ0) is 33.5. The summed E-state index contributed by atoms with van der Waals surface area (Å²) in [6.07, 6.45) is -22.1. The van der Waals surface area contributed by atoms with Gasteiger partial charge in [0.05, 0.1) is 32.5 Å². The Morgan fingerprint density at radius 1 is 0.864 bits per heavy atom. The fraction of sp³-hybridized carbons (Fsp3) is 0.909. The molecule has 44 heavy (non-hydrogen) atoms. The molecule has 0 aromatic carbocycles. The quantitative estimate of drug-likeness (QED) is 0.0721. The average molecular weight is 669 g/mol. The predicted molar refractivity (Wildman–Crippen MR) is 137 cm³/mol. The lowest BCUT2D eigenvalue weighted by Crippen LogP contribution is -2.65. The smallest absolute Gasteiger partial charge is 0.394 e. The second-order valence-electron chi connectivity index (χ2n) is 10.1. The topological polar surface area (TPSA) is 341 Å². The van der Waals surface area contributed by atoms with Crippen LogP contribution in [0.25, 0.3) is 0 Å². The van der Waals surface area contributed by atoms with Crippen LogP contribution in [0.3, 0.4) is 0 Å². The van der Waals surface area contributed by atoms with Crippen LogP contribution in [0, 0.1) is 0 Å². The molecule has 2 fully saturated rings. The number of amides is 2. The van der Waals surface area contributed by atoms with Gasteiger partial charge in [-0.25, -0.2) is 4.18 Å². The molecule has 22 heteroatoms. The molecule has 14 atom stereocenters. The molecular weight excluding hydrogens is 628 g/mol. The van der Waals surface area contributed by atoms with Crippen molar-refractivity contribution in [1.29, 1.82) is 0 Å². The van der Waals surface area contributed by atoms with Crippen LogP contribution in [0.5, 0.6) is 0 Å². The van der Waals surface area contributed by atoms with Gasteiger partial charge >= 0.3 is 10.4 Å². The van der Waals surface area contributed by atoms with E-state index in [-0.39, 0.29) is 0 Å². The standard InChI is InChI=1S/C22H40N2O19S/c1-7(27)23-9(3-25)20(43-22-19(35)18(34)15(31)11(4-26)41-22)14(30)10(29)5-39-21-13(24-8(2)28)17(33)16(32)12(42-21)6-40-44(36,37)38/h9-22,25-26,29-35H,3-6H2,1-2H3,(H,23,27)(H,24,28)(H,36,37,38). The van der Waals surface area contributed by atoms with Crippen molar-refractivity contribution in [2.75, 3.05) is 26.4 Å². The first-order valence-corrected chi connectivity index (χ1v) is 14.5. The second kappa shape index (κ2) is 16.7. The molecule has 2 aliphatic rings. The van der Waals surface area contributed by atoms with Gasteiger partial charge in [0.25, 0.3) is 0 Å². The van der Waals surface area contributed by atoms with E-state index in [4.69, 9.17) is 23.5 Å². The minimum absolute atomic E-state index is 0.733. The lowest BCUT2D eigenvalue weighted by atomic mass is 9.96. The van der Waals surface area contributed by atoms with E-state index in [2.05, 4.69) is 14.8 Å². The van der Waals surface area contributed by atoms with Crippen LogP contribution in [0.4, 0.5) is 0 Å². The van der Waals surface area contributed by atoms with Crippen molar-refractivity contribution in [2.45, 2.75) is 99.6 Å². The summed E-state index contributed by atoms with van der Waals surface area (Å²) in [4.78, 5) is 23.4. The van der Waals surface area contributed by atoms with Crippen LogP contribution in [0.2, 0.25) is 0 Å². The number of nitrogens with one attached hydrogen (secondary N) is 2. The van der Waals surface area contributed by atoms with Gasteiger partial charge in [0.15, 0.2) is 12.6 Å². The number of aliphatic hydroxyl groups excluding tert-OH is 9. The Bertz CT molecular complexity index is 1030. The van der Waals surface area contributed by atoms with Gasteiger partial charge in [-0.3, -0.25) is 14.1 Å². The molecule has 12 N–H and O–H groups in total. The maximum Gasteiger partial charge on any atom is 0.397 e. The minimum atomic E-state index is -5.00. The highest BCUT2D eigenvalue weighted by atomic mass is 32.3. The highest BCUT2D eigenvalue weighted by Gasteiger charge is 2.49. The maximum atomic E-state index is 11.7. The third-order valence-electron chi connectivity index (χ3n) is 6.74. The van der Waals surface area contributed by atoms with Gasteiger partial charge in [0, 0.05) is 13.8 Å². The summed E-state index contributed by atoms with van der Waals surface area (Å²) in [6, 6.07) is -3.03. The molecule has 21 nitrogen and oxygen atoms in total. The highest BCUT2D eigenvalue weighted by molar-refractivity contribution is 7.80. The Hall–Kier alpha value is -1.71. The van der Waals surface area contributed by atoms with Crippen molar-refractivity contribution in [1.82, 2.24) is 10.6 Å². The number of hydrogen-bond acceptors (Lipinski definition) is 18. The molecule has 0 radical (unpaired) electrons. The SMILES string of the molecule is CC(=O)NC(CO)C(OC1OC(CO)C(O)C(O)C1O)C(O)C(O)COC1OC(COS(=O)(=O)O)C(O)C(O)C1NC(C)=O. The van der Waals surface area contributed by atoms with Crippen LogP contribution in [-0.4, -0.2) is 183 Å². The van der Waals surface area contributed by atoms with Crippen LogP contribution in [0.15, 0.2) is 0 Å². The fourth-order valence-electron chi connectivity index (χ4n) is 4.50. The van der Waals surface area contributed by atoms with Gasteiger partial charge in [-0.1, -0.05) is 0 Å². The monoisotopic (exact) mass is 668 g/mol. The summed E-state index contributed by atoms with van der Waals surface area (Å²) in [6.45, 7) is -1.61. The van der Waals surface area contributed by atoms with Crippen LogP contribution in [-0.2, 0) is 43.1 Å². The van der Waals surface area contributed by atoms with Crippen LogP contribution < -0.4 is 10.6 Å². The molecule has 0 aliphatic carbocycles. The summed E-state index contributed by atoms with van der Waals surface area (Å²) < 4.78 is 56.4. The van der Waals surface area contributed by atoms with E-state index in [9.17, 15) is 64.0 Å². The van der Waals surface area contributed by atoms with E-state index >= 15 is 0 Å². The first-order valence-electron chi connectivity index (χ1n) is 13.1. The summed E-state index contributed by atoms with van der Waals surface area (Å²) in [7, 11) is -5.00. The molecule has 2 saturated heterocycles. The highest BCUT2D eigenvalue weighted by Crippen LogP contribution is 2.26. The Kier molecular flexibility index (Phi) is 14.6. The number of hydrogen-bond donors (Lipinski definition) is 12. The van der Waals surface area contributed by atoms with Crippen molar-refractivity contribution in [2.24, 2.45) is 0 Å². The maximum absolute atomic E-state index is 11.7. The van der Waals surface area contributed by atoms with E-state index < -0.39 is 134 Å². The van der Waals surface area contributed by atoms with E-state index in [0.717, 1.165) is 13.8 Å². The van der Waals surface area contributed by atoms with E-state index in [0.29, 0.717) is 0 Å². The Balaban J connectivity index is 2.26. The second-order valence-corrected chi connectivity index (χ2v) is 11.2. The number of carbonyl (C=O) groups is 2. The molecule has 2 rings (SSSR count).